The first kappa shape index (κ1) is 11.1. The van der Waals surface area contributed by atoms with Crippen molar-refractivity contribution in [1.29, 1.82) is 0 Å². The Morgan fingerprint density at radius 1 is 1.53 bits per heavy atom. The zero-order valence-electron chi connectivity index (χ0n) is 8.14. The summed E-state index contributed by atoms with van der Waals surface area (Å²) in [7, 11) is 0. The lowest BCUT2D eigenvalue weighted by molar-refractivity contribution is -0.385. The number of nitrogens with two attached hydrogens (primary N) is 2. The summed E-state index contributed by atoms with van der Waals surface area (Å²) in [5.74, 6) is -0.788. The van der Waals surface area contributed by atoms with Gasteiger partial charge >= 0.3 is 0 Å². The van der Waals surface area contributed by atoms with Crippen molar-refractivity contribution >= 4 is 11.6 Å². The number of nitro benzene ring substituents is 1. The number of carbonyl (C=O) groups excluding carboxylic acids is 1. The summed E-state index contributed by atoms with van der Waals surface area (Å²) in [5.41, 5.74) is 11.2. The highest BCUT2D eigenvalue weighted by Gasteiger charge is 2.22. The summed E-state index contributed by atoms with van der Waals surface area (Å²) in [6.45, 7) is 1.75. The van der Waals surface area contributed by atoms with E-state index >= 15 is 0 Å². The molecule has 0 aromatic heterocycles. The van der Waals surface area contributed by atoms with Gasteiger partial charge in [-0.3, -0.25) is 14.9 Å². The Bertz CT molecular complexity index is 417. The fraction of sp³-hybridized carbons (Fsp3) is 0.222. The Balaban J connectivity index is 3.30. The normalized spacial score (nSPS) is 12.1. The summed E-state index contributed by atoms with van der Waals surface area (Å²) in [6, 6.07) is 3.24. The van der Waals surface area contributed by atoms with Crippen LogP contribution in [0.5, 0.6) is 0 Å². The van der Waals surface area contributed by atoms with Crippen LogP contribution >= 0.6 is 0 Å². The van der Waals surface area contributed by atoms with Gasteiger partial charge in [0.15, 0.2) is 0 Å². The minimum absolute atomic E-state index is 0.146. The molecule has 1 aromatic rings. The second-order valence-electron chi connectivity index (χ2n) is 3.20. The van der Waals surface area contributed by atoms with Crippen molar-refractivity contribution in [1.82, 2.24) is 0 Å². The highest BCUT2D eigenvalue weighted by atomic mass is 16.6. The van der Waals surface area contributed by atoms with Gasteiger partial charge in [0.1, 0.15) is 6.04 Å². The molecule has 15 heavy (non-hydrogen) atoms. The number of rotatable bonds is 3. The van der Waals surface area contributed by atoms with Crippen LogP contribution in [-0.4, -0.2) is 10.8 Å². The van der Waals surface area contributed by atoms with Crippen molar-refractivity contribution in [2.75, 3.05) is 0 Å². The predicted molar refractivity (Wildman–Crippen MR) is 54.0 cm³/mol. The van der Waals surface area contributed by atoms with Crippen LogP contribution in [0.15, 0.2) is 18.2 Å². The lowest BCUT2D eigenvalue weighted by atomic mass is 10.0. The Morgan fingerprint density at radius 2 is 2.13 bits per heavy atom. The quantitative estimate of drug-likeness (QED) is 0.553. The van der Waals surface area contributed by atoms with Crippen LogP contribution in [0.25, 0.3) is 0 Å². The van der Waals surface area contributed by atoms with Crippen LogP contribution in [-0.2, 0) is 4.79 Å². The summed E-state index contributed by atoms with van der Waals surface area (Å²) in [5, 5.41) is 10.7. The number of carbonyl (C=O) groups is 1. The topological polar surface area (TPSA) is 112 Å². The van der Waals surface area contributed by atoms with Crippen LogP contribution in [0, 0.1) is 17.0 Å². The molecule has 4 N–H and O–H groups in total. The fourth-order valence-electron chi connectivity index (χ4n) is 1.24. The van der Waals surface area contributed by atoms with E-state index in [9.17, 15) is 14.9 Å². The van der Waals surface area contributed by atoms with Crippen LogP contribution in [0.1, 0.15) is 17.2 Å². The van der Waals surface area contributed by atoms with Crippen LogP contribution in [0.3, 0.4) is 0 Å². The summed E-state index contributed by atoms with van der Waals surface area (Å²) in [6.07, 6.45) is 0. The molecule has 0 aliphatic heterocycles. The van der Waals surface area contributed by atoms with Gasteiger partial charge in [0.25, 0.3) is 5.69 Å². The average molecular weight is 209 g/mol. The van der Waals surface area contributed by atoms with Crippen molar-refractivity contribution in [3.8, 4) is 0 Å². The van der Waals surface area contributed by atoms with Crippen molar-refractivity contribution in [2.24, 2.45) is 11.5 Å². The number of benzene rings is 1. The molecule has 0 saturated carbocycles. The van der Waals surface area contributed by atoms with E-state index in [-0.39, 0.29) is 11.3 Å². The zero-order chi connectivity index (χ0) is 11.6. The molecule has 1 unspecified atom stereocenters. The molecule has 1 amide bonds. The van der Waals surface area contributed by atoms with Crippen molar-refractivity contribution in [3.63, 3.8) is 0 Å². The molecule has 1 aromatic carbocycles. The van der Waals surface area contributed by atoms with Gasteiger partial charge < -0.3 is 11.5 Å². The standard InChI is InChI=1S/C9H11N3O3/c1-5-2-3-7(12(14)15)6(4-5)8(10)9(11)13/h2-4,8H,10H2,1H3,(H2,11,13). The molecule has 1 atom stereocenters. The van der Waals surface area contributed by atoms with E-state index in [0.29, 0.717) is 0 Å². The van der Waals surface area contributed by atoms with E-state index in [1.807, 2.05) is 0 Å². The largest absolute Gasteiger partial charge is 0.368 e. The van der Waals surface area contributed by atoms with E-state index in [4.69, 9.17) is 11.5 Å². The van der Waals surface area contributed by atoms with Gasteiger partial charge in [-0.1, -0.05) is 11.6 Å². The molecule has 0 saturated heterocycles. The maximum absolute atomic E-state index is 10.9. The SMILES string of the molecule is Cc1ccc([N+](=O)[O-])c(C(N)C(N)=O)c1. The third-order valence-corrected chi connectivity index (χ3v) is 2.02. The third kappa shape index (κ3) is 2.29. The van der Waals surface area contributed by atoms with E-state index in [0.717, 1.165) is 5.56 Å². The van der Waals surface area contributed by atoms with E-state index < -0.39 is 16.9 Å². The summed E-state index contributed by atoms with van der Waals surface area (Å²) >= 11 is 0. The molecule has 6 heteroatoms. The second-order valence-corrected chi connectivity index (χ2v) is 3.20. The molecular weight excluding hydrogens is 198 g/mol. The number of amides is 1. The molecule has 0 radical (unpaired) electrons. The third-order valence-electron chi connectivity index (χ3n) is 2.02. The first-order valence-corrected chi connectivity index (χ1v) is 4.23. The Hall–Kier alpha value is -1.95. The molecule has 0 bridgehead atoms. The lowest BCUT2D eigenvalue weighted by Gasteiger charge is -2.08. The highest BCUT2D eigenvalue weighted by Crippen LogP contribution is 2.24. The van der Waals surface area contributed by atoms with Crippen molar-refractivity contribution < 1.29 is 9.72 Å². The van der Waals surface area contributed by atoms with Gasteiger partial charge in [-0.2, -0.15) is 0 Å². The number of aryl methyl sites for hydroxylation is 1. The van der Waals surface area contributed by atoms with Crippen LogP contribution in [0.2, 0.25) is 0 Å². The number of nitro groups is 1. The predicted octanol–water partition coefficient (Wildman–Crippen LogP) is 0.388. The monoisotopic (exact) mass is 209 g/mol. The smallest absolute Gasteiger partial charge is 0.274 e. The van der Waals surface area contributed by atoms with Gasteiger partial charge in [0.05, 0.1) is 10.5 Å². The second kappa shape index (κ2) is 4.05. The Labute approximate surface area is 86.0 Å². The van der Waals surface area contributed by atoms with Gasteiger partial charge in [-0.25, -0.2) is 0 Å². The van der Waals surface area contributed by atoms with E-state index in [2.05, 4.69) is 0 Å². The summed E-state index contributed by atoms with van der Waals surface area (Å²) in [4.78, 5) is 20.9. The minimum atomic E-state index is -1.15. The van der Waals surface area contributed by atoms with Crippen molar-refractivity contribution in [2.45, 2.75) is 13.0 Å². The number of hydrogen-bond donors (Lipinski definition) is 2. The zero-order valence-corrected chi connectivity index (χ0v) is 8.14. The number of nitrogens with zero attached hydrogens (tertiary/aromatic N) is 1. The molecule has 1 rings (SSSR count). The molecule has 0 aliphatic carbocycles. The Kier molecular flexibility index (Phi) is 3.01. The molecule has 0 heterocycles. The number of hydrogen-bond acceptors (Lipinski definition) is 4. The van der Waals surface area contributed by atoms with Crippen LogP contribution in [0.4, 0.5) is 5.69 Å². The van der Waals surface area contributed by atoms with Gasteiger partial charge in [-0.15, -0.1) is 0 Å². The lowest BCUT2D eigenvalue weighted by Crippen LogP contribution is -2.28. The summed E-state index contributed by atoms with van der Waals surface area (Å²) < 4.78 is 0. The van der Waals surface area contributed by atoms with Gasteiger partial charge in [0, 0.05) is 6.07 Å². The molecular formula is C9H11N3O3. The molecule has 0 aliphatic rings. The number of primary amides is 1. The Morgan fingerprint density at radius 3 is 2.60 bits per heavy atom. The van der Waals surface area contributed by atoms with Crippen LogP contribution < -0.4 is 11.5 Å². The highest BCUT2D eigenvalue weighted by molar-refractivity contribution is 5.82. The first-order valence-electron chi connectivity index (χ1n) is 4.23. The van der Waals surface area contributed by atoms with E-state index in [1.165, 1.54) is 12.1 Å². The molecule has 6 nitrogen and oxygen atoms in total. The first-order chi connectivity index (χ1) is 6.93. The van der Waals surface area contributed by atoms with Crippen molar-refractivity contribution in [3.05, 3.63) is 39.4 Å². The molecule has 0 fully saturated rings. The average Bonchev–Trinajstić information content (AvgIpc) is 2.15. The fourth-order valence-corrected chi connectivity index (χ4v) is 1.24. The van der Waals surface area contributed by atoms with Gasteiger partial charge in [0.2, 0.25) is 5.91 Å². The minimum Gasteiger partial charge on any atom is -0.368 e. The maximum atomic E-state index is 10.9. The maximum Gasteiger partial charge on any atom is 0.274 e. The van der Waals surface area contributed by atoms with Gasteiger partial charge in [-0.05, 0) is 13.0 Å². The molecule has 0 spiro atoms. The van der Waals surface area contributed by atoms with E-state index in [1.54, 1.807) is 13.0 Å². The molecule has 80 valence electrons.